The van der Waals surface area contributed by atoms with Gasteiger partial charge in [-0.1, -0.05) is 0 Å². The number of hydrogen-bond donors (Lipinski definition) is 0. The molecule has 0 aliphatic heterocycles. The molecule has 0 saturated carbocycles. The molecule has 0 unspecified atom stereocenters. The molecule has 0 spiro atoms. The molecule has 0 radical (unpaired) electrons. The van der Waals surface area contributed by atoms with Crippen molar-refractivity contribution in [3.05, 3.63) is 28.8 Å². The van der Waals surface area contributed by atoms with E-state index in [2.05, 4.69) is 93.1 Å². The maximum absolute atomic E-state index is 2.66. The molecule has 0 atom stereocenters. The van der Waals surface area contributed by atoms with Crippen molar-refractivity contribution in [3.8, 4) is 0 Å². The quantitative estimate of drug-likeness (QED) is 0.340. The van der Waals surface area contributed by atoms with Gasteiger partial charge < -0.3 is 0 Å². The van der Waals surface area contributed by atoms with E-state index in [1.165, 1.54) is 24.9 Å². The average Bonchev–Trinajstić information content (AvgIpc) is 2.30. The summed E-state index contributed by atoms with van der Waals surface area (Å²) >= 11 is -1.92. The first-order valence-electron chi connectivity index (χ1n) is 9.18. The molecule has 1 rings (SSSR count). The maximum atomic E-state index is 2.66. The second-order valence-corrected chi connectivity index (χ2v) is 28.0. The van der Waals surface area contributed by atoms with Crippen molar-refractivity contribution < 1.29 is 0 Å². The second-order valence-electron chi connectivity index (χ2n) is 11.3. The van der Waals surface area contributed by atoms with Crippen molar-refractivity contribution >= 4 is 35.7 Å². The standard InChI is InChI=1S/C19H30P.3CH3.Sn/c1-17(2,3)13-11-14(18(4,5)6)16(20-10)15(12-13)19(7,8)9;;;;/h10-12H,1-9H3;3*1H3;. The second kappa shape index (κ2) is 7.07. The van der Waals surface area contributed by atoms with Crippen molar-refractivity contribution in [2.45, 2.75) is 93.4 Å². The predicted octanol–water partition coefficient (Wildman–Crippen LogP) is 6.83. The Bertz CT molecular complexity index is 576. The first kappa shape index (κ1) is 22.2. The molecule has 24 heavy (non-hydrogen) atoms. The molecule has 0 saturated heterocycles. The zero-order chi connectivity index (χ0) is 19.1. The van der Waals surface area contributed by atoms with Gasteiger partial charge >= 0.3 is 158 Å². The van der Waals surface area contributed by atoms with Crippen molar-refractivity contribution in [1.82, 2.24) is 0 Å². The molecule has 0 heterocycles. The molecule has 0 nitrogen and oxygen atoms in total. The van der Waals surface area contributed by atoms with E-state index < -0.39 is 18.4 Å². The number of rotatable bonds is 2. The minimum atomic E-state index is -1.92. The van der Waals surface area contributed by atoms with Crippen LogP contribution in [0.4, 0.5) is 0 Å². The Morgan fingerprint density at radius 3 is 1.33 bits per heavy atom. The summed E-state index contributed by atoms with van der Waals surface area (Å²) in [4.78, 5) is 7.50. The molecule has 2 heteroatoms. The number of benzene rings is 1. The van der Waals surface area contributed by atoms with Gasteiger partial charge in [0, 0.05) is 0 Å². The molecule has 0 N–H and O–H groups in total. The molecule has 0 aromatic heterocycles. The van der Waals surface area contributed by atoms with E-state index in [1.807, 2.05) is 0 Å². The summed E-state index contributed by atoms with van der Waals surface area (Å²) in [7, 11) is 1.44. The molecule has 1 aromatic carbocycles. The zero-order valence-corrected chi connectivity index (χ0v) is 21.9. The third-order valence-corrected chi connectivity index (χ3v) is 13.6. The van der Waals surface area contributed by atoms with Gasteiger partial charge in [0.2, 0.25) is 0 Å². The van der Waals surface area contributed by atoms with Gasteiger partial charge in [-0.3, -0.25) is 0 Å². The van der Waals surface area contributed by atoms with Crippen molar-refractivity contribution in [2.24, 2.45) is 0 Å². The molecule has 0 aliphatic carbocycles. The van der Waals surface area contributed by atoms with E-state index in [-0.39, 0.29) is 16.2 Å². The Balaban J connectivity index is 3.85. The van der Waals surface area contributed by atoms with Gasteiger partial charge in [-0.25, -0.2) is 0 Å². The Hall–Kier alpha value is 0.189. The van der Waals surface area contributed by atoms with Crippen LogP contribution in [0.1, 0.15) is 79.0 Å². The molecule has 136 valence electrons. The fourth-order valence-electron chi connectivity index (χ4n) is 2.61. The molecule has 0 aliphatic rings. The topological polar surface area (TPSA) is 0 Å². The van der Waals surface area contributed by atoms with Crippen LogP contribution in [0.3, 0.4) is 0 Å². The first-order chi connectivity index (χ1) is 10.4. The van der Waals surface area contributed by atoms with E-state index in [9.17, 15) is 0 Å². The third-order valence-electron chi connectivity index (χ3n) is 4.17. The number of hydrogen-bond acceptors (Lipinski definition) is 0. The Morgan fingerprint density at radius 2 is 1.08 bits per heavy atom. The summed E-state index contributed by atoms with van der Waals surface area (Å²) in [5.41, 5.74) is 5.06. The Morgan fingerprint density at radius 1 is 0.708 bits per heavy atom. The Labute approximate surface area is 157 Å². The van der Waals surface area contributed by atoms with Crippen LogP contribution in [-0.2, 0) is 16.2 Å². The molecular weight excluding hydrogens is 414 g/mol. The van der Waals surface area contributed by atoms with Gasteiger partial charge in [0.05, 0.1) is 0 Å². The van der Waals surface area contributed by atoms with E-state index in [0.717, 1.165) is 0 Å². The molecule has 1 aromatic rings. The summed E-state index contributed by atoms with van der Waals surface area (Å²) in [6, 6.07) is 4.98. The van der Waals surface area contributed by atoms with Gasteiger partial charge in [0.25, 0.3) is 0 Å². The van der Waals surface area contributed by atoms with Gasteiger partial charge in [-0.05, 0) is 0 Å². The van der Waals surface area contributed by atoms with Crippen molar-refractivity contribution in [2.75, 3.05) is 0 Å². The summed E-state index contributed by atoms with van der Waals surface area (Å²) in [5.74, 6) is 0. The minimum absolute atomic E-state index is 0.171. The summed E-state index contributed by atoms with van der Waals surface area (Å²) in [6.07, 6.45) is 0. The van der Waals surface area contributed by atoms with Crippen molar-refractivity contribution in [3.63, 3.8) is 0 Å². The molecule has 0 fully saturated rings. The van der Waals surface area contributed by atoms with E-state index in [1.54, 1.807) is 5.30 Å². The molecule has 0 bridgehead atoms. The van der Waals surface area contributed by atoms with Gasteiger partial charge in [-0.15, -0.1) is 0 Å². The van der Waals surface area contributed by atoms with Crippen molar-refractivity contribution in [1.29, 1.82) is 0 Å². The monoisotopic (exact) mass is 454 g/mol. The SMILES string of the molecule is CC(C)(C)c1cc(C(C)(C)C)c(P=[CH][Sn]([CH3])([CH3])[CH3])c(C(C)(C)C)c1. The fraction of sp³-hybridized carbons (Fsp3) is 0.682. The van der Waals surface area contributed by atoms with Crippen LogP contribution in [0.25, 0.3) is 0 Å². The van der Waals surface area contributed by atoms with Crippen LogP contribution in [-0.4, -0.2) is 22.2 Å². The molecule has 0 amide bonds. The average molecular weight is 453 g/mol. The summed E-state index contributed by atoms with van der Waals surface area (Å²) in [5, 5.41) is 1.56. The van der Waals surface area contributed by atoms with Crippen LogP contribution in [0, 0.1) is 0 Å². The van der Waals surface area contributed by atoms with Crippen LogP contribution >= 0.6 is 8.20 Å². The Kier molecular flexibility index (Phi) is 6.55. The molecular formula is C22H39PSn. The zero-order valence-electron chi connectivity index (χ0n) is 18.2. The summed E-state index contributed by atoms with van der Waals surface area (Å²) in [6.45, 7) is 21.2. The first-order valence-corrected chi connectivity index (χ1v) is 20.3. The van der Waals surface area contributed by atoms with Gasteiger partial charge in [-0.2, -0.15) is 0 Å². The van der Waals surface area contributed by atoms with E-state index in [4.69, 9.17) is 0 Å². The van der Waals surface area contributed by atoms with Crippen LogP contribution < -0.4 is 5.30 Å². The predicted molar refractivity (Wildman–Crippen MR) is 119 cm³/mol. The van der Waals surface area contributed by atoms with E-state index in [0.29, 0.717) is 0 Å². The van der Waals surface area contributed by atoms with Crippen LogP contribution in [0.5, 0.6) is 0 Å². The van der Waals surface area contributed by atoms with Crippen LogP contribution in [0.15, 0.2) is 12.1 Å². The fourth-order valence-corrected chi connectivity index (χ4v) is 8.62. The summed E-state index contributed by atoms with van der Waals surface area (Å²) < 4.78 is 2.66. The van der Waals surface area contributed by atoms with Crippen LogP contribution in [0.2, 0.25) is 14.8 Å². The normalized spacial score (nSPS) is 14.5. The van der Waals surface area contributed by atoms with Gasteiger partial charge in [0.15, 0.2) is 0 Å². The van der Waals surface area contributed by atoms with Gasteiger partial charge in [0.1, 0.15) is 0 Å². The van der Waals surface area contributed by atoms with E-state index >= 15 is 0 Å². The third kappa shape index (κ3) is 6.17.